The molecule has 22 heavy (non-hydrogen) atoms. The van der Waals surface area contributed by atoms with Gasteiger partial charge in [-0.1, -0.05) is 18.2 Å². The number of ether oxygens (including phenoxy) is 1. The van der Waals surface area contributed by atoms with Gasteiger partial charge in [-0.15, -0.1) is 0 Å². The Bertz CT molecular complexity index is 777. The summed E-state index contributed by atoms with van der Waals surface area (Å²) in [6, 6.07) is 6.84. The molecule has 0 atom stereocenters. The summed E-state index contributed by atoms with van der Waals surface area (Å²) in [6.45, 7) is 3.52. The van der Waals surface area contributed by atoms with Gasteiger partial charge in [0.1, 0.15) is 6.54 Å². The second-order valence-electron chi connectivity index (χ2n) is 5.15. The van der Waals surface area contributed by atoms with Crippen molar-refractivity contribution in [2.24, 2.45) is 0 Å². The molecule has 1 amide bonds. The van der Waals surface area contributed by atoms with Gasteiger partial charge in [-0.25, -0.2) is 0 Å². The van der Waals surface area contributed by atoms with E-state index in [1.807, 2.05) is 13.8 Å². The summed E-state index contributed by atoms with van der Waals surface area (Å²) in [5, 5.41) is 3.53. The van der Waals surface area contributed by atoms with Crippen molar-refractivity contribution in [3.63, 3.8) is 0 Å². The monoisotopic (exact) mass is 302 g/mol. The molecule has 1 aromatic carbocycles. The molecule has 0 spiro atoms. The highest BCUT2D eigenvalue weighted by Crippen LogP contribution is 2.17. The van der Waals surface area contributed by atoms with Gasteiger partial charge in [0.05, 0.1) is 12.7 Å². The maximum absolute atomic E-state index is 12.4. The van der Waals surface area contributed by atoms with Crippen molar-refractivity contribution < 1.29 is 14.3 Å². The predicted molar refractivity (Wildman–Crippen MR) is 82.9 cm³/mol. The summed E-state index contributed by atoms with van der Waals surface area (Å²) in [5.41, 5.74) is 0.211. The maximum atomic E-state index is 12.4. The summed E-state index contributed by atoms with van der Waals surface area (Å²) in [5.74, 6) is -0.953. The first-order valence-corrected chi connectivity index (χ1v) is 6.94. The van der Waals surface area contributed by atoms with Crippen LogP contribution in [0.1, 0.15) is 30.2 Å². The number of rotatable bonds is 4. The summed E-state index contributed by atoms with van der Waals surface area (Å²) in [4.78, 5) is 35.9. The van der Waals surface area contributed by atoms with E-state index in [9.17, 15) is 14.4 Å². The summed E-state index contributed by atoms with van der Waals surface area (Å²) < 4.78 is 6.01. The van der Waals surface area contributed by atoms with Crippen LogP contribution in [0.3, 0.4) is 0 Å². The predicted octanol–water partition coefficient (Wildman–Crippen LogP) is 1.49. The van der Waals surface area contributed by atoms with Gasteiger partial charge in [-0.3, -0.25) is 14.4 Å². The van der Waals surface area contributed by atoms with Gasteiger partial charge in [0.15, 0.2) is 0 Å². The smallest absolute Gasteiger partial charge is 0.325 e. The molecule has 0 radical (unpaired) electrons. The zero-order valence-corrected chi connectivity index (χ0v) is 12.8. The number of pyridine rings is 1. The molecule has 6 nitrogen and oxygen atoms in total. The number of nitrogens with zero attached hydrogens (tertiary/aromatic N) is 1. The molecule has 0 saturated carbocycles. The Morgan fingerprint density at radius 2 is 1.86 bits per heavy atom. The molecule has 2 rings (SSSR count). The van der Waals surface area contributed by atoms with Crippen molar-refractivity contribution in [1.29, 1.82) is 0 Å². The van der Waals surface area contributed by atoms with E-state index in [1.165, 1.54) is 17.9 Å². The number of carbonyl (C=O) groups is 2. The largest absolute Gasteiger partial charge is 0.468 e. The number of esters is 1. The van der Waals surface area contributed by atoms with Crippen molar-refractivity contribution in [1.82, 2.24) is 9.88 Å². The normalized spacial score (nSPS) is 10.7. The van der Waals surface area contributed by atoms with Crippen LogP contribution < -0.4 is 10.9 Å². The van der Waals surface area contributed by atoms with Crippen LogP contribution >= 0.6 is 0 Å². The zero-order chi connectivity index (χ0) is 16.3. The van der Waals surface area contributed by atoms with Crippen LogP contribution in [0.15, 0.2) is 35.3 Å². The molecular formula is C16H18N2O4. The first-order valence-electron chi connectivity index (χ1n) is 6.94. The number of methoxy groups -OCH3 is 1. The fourth-order valence-corrected chi connectivity index (χ4v) is 2.20. The molecular weight excluding hydrogens is 284 g/mol. The fraction of sp³-hybridized carbons (Fsp3) is 0.312. The standard InChI is InChI=1S/C16H18N2O4/c1-10(2)18-9-13(15(20)17-8-14(19)22-3)11-6-4-5-7-12(11)16(18)21/h4-7,9-10H,8H2,1-3H3,(H,17,20). The third-order valence-corrected chi connectivity index (χ3v) is 3.37. The van der Waals surface area contributed by atoms with Crippen LogP contribution in [0.4, 0.5) is 0 Å². The summed E-state index contributed by atoms with van der Waals surface area (Å²) in [6.07, 6.45) is 1.53. The molecule has 116 valence electrons. The van der Waals surface area contributed by atoms with E-state index in [0.717, 1.165) is 0 Å². The Morgan fingerprint density at radius 3 is 2.45 bits per heavy atom. The molecule has 1 N–H and O–H groups in total. The number of hydrogen-bond donors (Lipinski definition) is 1. The number of fused-ring (bicyclic) bond motifs is 1. The minimum absolute atomic E-state index is 0.0794. The van der Waals surface area contributed by atoms with E-state index in [2.05, 4.69) is 10.1 Å². The lowest BCUT2D eigenvalue weighted by molar-refractivity contribution is -0.139. The first-order chi connectivity index (χ1) is 10.5. The van der Waals surface area contributed by atoms with Crippen LogP contribution in [0, 0.1) is 0 Å². The molecule has 0 fully saturated rings. The van der Waals surface area contributed by atoms with Crippen molar-refractivity contribution in [2.45, 2.75) is 19.9 Å². The Labute approximate surface area is 127 Å². The molecule has 0 aliphatic rings. The van der Waals surface area contributed by atoms with Crippen LogP contribution in [-0.2, 0) is 9.53 Å². The molecule has 0 bridgehead atoms. The average Bonchev–Trinajstić information content (AvgIpc) is 2.52. The van der Waals surface area contributed by atoms with Gasteiger partial charge in [-0.2, -0.15) is 0 Å². The van der Waals surface area contributed by atoms with Crippen molar-refractivity contribution in [3.05, 3.63) is 46.4 Å². The third kappa shape index (κ3) is 3.00. The number of nitrogens with one attached hydrogen (secondary N) is 1. The molecule has 0 saturated heterocycles. The van der Waals surface area contributed by atoms with Gasteiger partial charge in [0.25, 0.3) is 11.5 Å². The lowest BCUT2D eigenvalue weighted by atomic mass is 10.1. The second-order valence-corrected chi connectivity index (χ2v) is 5.15. The number of amides is 1. The molecule has 2 aromatic rings. The first kappa shape index (κ1) is 15.8. The quantitative estimate of drug-likeness (QED) is 0.868. The molecule has 0 aliphatic carbocycles. The molecule has 1 aromatic heterocycles. The number of carbonyl (C=O) groups excluding carboxylic acids is 2. The Morgan fingerprint density at radius 1 is 1.23 bits per heavy atom. The van der Waals surface area contributed by atoms with Gasteiger partial charge < -0.3 is 14.6 Å². The van der Waals surface area contributed by atoms with E-state index in [4.69, 9.17) is 0 Å². The average molecular weight is 302 g/mol. The third-order valence-electron chi connectivity index (χ3n) is 3.37. The van der Waals surface area contributed by atoms with Crippen molar-refractivity contribution in [3.8, 4) is 0 Å². The summed E-state index contributed by atoms with van der Waals surface area (Å²) in [7, 11) is 1.25. The van der Waals surface area contributed by atoms with Crippen LogP contribution in [0.25, 0.3) is 10.8 Å². The SMILES string of the molecule is COC(=O)CNC(=O)c1cn(C(C)C)c(=O)c2ccccc12. The van der Waals surface area contributed by atoms with Crippen molar-refractivity contribution in [2.75, 3.05) is 13.7 Å². The number of benzene rings is 1. The number of aromatic nitrogens is 1. The summed E-state index contributed by atoms with van der Waals surface area (Å²) >= 11 is 0. The molecule has 0 unspecified atom stereocenters. The van der Waals surface area contributed by atoms with E-state index in [1.54, 1.807) is 24.3 Å². The van der Waals surface area contributed by atoms with Crippen LogP contribution in [0.2, 0.25) is 0 Å². The second kappa shape index (κ2) is 6.43. The lowest BCUT2D eigenvalue weighted by Crippen LogP contribution is -2.32. The van der Waals surface area contributed by atoms with E-state index < -0.39 is 11.9 Å². The van der Waals surface area contributed by atoms with Crippen molar-refractivity contribution >= 4 is 22.6 Å². The van der Waals surface area contributed by atoms with Crippen LogP contribution in [-0.4, -0.2) is 30.1 Å². The Hall–Kier alpha value is -2.63. The van der Waals surface area contributed by atoms with E-state index in [0.29, 0.717) is 16.3 Å². The highest BCUT2D eigenvalue weighted by molar-refractivity contribution is 6.07. The Balaban J connectivity index is 2.53. The molecule has 1 heterocycles. The highest BCUT2D eigenvalue weighted by Gasteiger charge is 2.16. The van der Waals surface area contributed by atoms with Gasteiger partial charge in [-0.05, 0) is 19.9 Å². The minimum Gasteiger partial charge on any atom is -0.468 e. The van der Waals surface area contributed by atoms with Gasteiger partial charge in [0.2, 0.25) is 0 Å². The Kier molecular flexibility index (Phi) is 4.60. The van der Waals surface area contributed by atoms with Gasteiger partial charge in [0, 0.05) is 23.0 Å². The van der Waals surface area contributed by atoms with Gasteiger partial charge >= 0.3 is 5.97 Å². The highest BCUT2D eigenvalue weighted by atomic mass is 16.5. The molecule has 0 aliphatic heterocycles. The maximum Gasteiger partial charge on any atom is 0.325 e. The van der Waals surface area contributed by atoms with Crippen LogP contribution in [0.5, 0.6) is 0 Å². The minimum atomic E-state index is -0.533. The molecule has 6 heteroatoms. The fourth-order valence-electron chi connectivity index (χ4n) is 2.20. The lowest BCUT2D eigenvalue weighted by Gasteiger charge is -2.14. The number of hydrogen-bond acceptors (Lipinski definition) is 4. The zero-order valence-electron chi connectivity index (χ0n) is 12.8. The topological polar surface area (TPSA) is 77.4 Å². The van der Waals surface area contributed by atoms with E-state index >= 15 is 0 Å². The van der Waals surface area contributed by atoms with E-state index in [-0.39, 0.29) is 18.1 Å².